The van der Waals surface area contributed by atoms with Crippen molar-refractivity contribution in [3.63, 3.8) is 0 Å². The molecule has 0 saturated carbocycles. The molecule has 0 bridgehead atoms. The van der Waals surface area contributed by atoms with Gasteiger partial charge in [-0.3, -0.25) is 14.5 Å². The first kappa shape index (κ1) is 23.5. The van der Waals surface area contributed by atoms with E-state index < -0.39 is 41.5 Å². The number of methoxy groups -OCH3 is 1. The fourth-order valence-corrected chi connectivity index (χ4v) is 3.51. The molecule has 1 aliphatic heterocycles. The molecule has 172 valence electrons. The van der Waals surface area contributed by atoms with Crippen LogP contribution in [0.25, 0.3) is 0 Å². The van der Waals surface area contributed by atoms with Crippen LogP contribution in [0.4, 0.5) is 17.6 Å². The number of amides is 2. The summed E-state index contributed by atoms with van der Waals surface area (Å²) in [5.41, 5.74) is -0.662. The van der Waals surface area contributed by atoms with Gasteiger partial charge in [-0.15, -0.1) is 0 Å². The highest BCUT2D eigenvalue weighted by Gasteiger charge is 2.32. The monoisotopic (exact) mass is 453 g/mol. The van der Waals surface area contributed by atoms with E-state index in [-0.39, 0.29) is 6.04 Å². The lowest BCUT2D eigenvalue weighted by molar-refractivity contribution is -0.137. The first-order valence-corrected chi connectivity index (χ1v) is 9.94. The average molecular weight is 453 g/mol. The second-order valence-electron chi connectivity index (χ2n) is 7.55. The number of nitrogens with one attached hydrogen (secondary N) is 2. The quantitative estimate of drug-likeness (QED) is 0.633. The van der Waals surface area contributed by atoms with E-state index >= 15 is 0 Å². The standard InChI is InChI=1S/C22H23F4N3O3/c1-32-19-4-2-14(3-5-19)12-29-7-6-18(13-29)28-20(30)11-27-21(31)15-8-16(22(24,25)26)10-17(23)9-15/h2-5,8-10,18H,6-7,11-13H2,1H3,(H,27,31)(H,28,30)/t18-/m1/s1. The van der Waals surface area contributed by atoms with Gasteiger partial charge in [-0.25, -0.2) is 4.39 Å². The van der Waals surface area contributed by atoms with Gasteiger partial charge in [0.15, 0.2) is 0 Å². The van der Waals surface area contributed by atoms with E-state index in [1.54, 1.807) is 7.11 Å². The highest BCUT2D eigenvalue weighted by atomic mass is 19.4. The molecule has 2 aromatic rings. The zero-order valence-corrected chi connectivity index (χ0v) is 17.3. The number of hydrogen-bond donors (Lipinski definition) is 2. The van der Waals surface area contributed by atoms with Gasteiger partial charge in [0, 0.05) is 31.2 Å². The lowest BCUT2D eigenvalue weighted by atomic mass is 10.1. The van der Waals surface area contributed by atoms with E-state index in [1.165, 1.54) is 0 Å². The zero-order valence-electron chi connectivity index (χ0n) is 17.3. The number of carbonyl (C=O) groups is 2. The Kier molecular flexibility index (Phi) is 7.34. The fourth-order valence-electron chi connectivity index (χ4n) is 3.51. The maximum Gasteiger partial charge on any atom is 0.416 e. The molecule has 2 amide bonds. The summed E-state index contributed by atoms with van der Waals surface area (Å²) >= 11 is 0. The summed E-state index contributed by atoms with van der Waals surface area (Å²) in [5.74, 6) is -1.84. The largest absolute Gasteiger partial charge is 0.497 e. The number of carbonyl (C=O) groups excluding carboxylic acids is 2. The number of rotatable bonds is 7. The van der Waals surface area contributed by atoms with Crippen molar-refractivity contribution in [2.24, 2.45) is 0 Å². The Morgan fingerprint density at radius 1 is 1.16 bits per heavy atom. The Morgan fingerprint density at radius 2 is 1.88 bits per heavy atom. The molecule has 2 aromatic carbocycles. The summed E-state index contributed by atoms with van der Waals surface area (Å²) in [7, 11) is 1.60. The smallest absolute Gasteiger partial charge is 0.416 e. The van der Waals surface area contributed by atoms with Crippen LogP contribution in [-0.4, -0.2) is 49.5 Å². The van der Waals surface area contributed by atoms with E-state index in [0.717, 1.165) is 24.3 Å². The van der Waals surface area contributed by atoms with Crippen LogP contribution in [0.2, 0.25) is 0 Å². The molecule has 0 spiro atoms. The number of benzene rings is 2. The second-order valence-corrected chi connectivity index (χ2v) is 7.55. The summed E-state index contributed by atoms with van der Waals surface area (Å²) in [4.78, 5) is 26.4. The lowest BCUT2D eigenvalue weighted by Gasteiger charge is -2.17. The molecular formula is C22H23F4N3O3. The first-order chi connectivity index (χ1) is 15.1. The highest BCUT2D eigenvalue weighted by molar-refractivity contribution is 5.96. The van der Waals surface area contributed by atoms with Crippen LogP contribution in [0.1, 0.15) is 27.9 Å². The van der Waals surface area contributed by atoms with Crippen LogP contribution in [0.3, 0.4) is 0 Å². The van der Waals surface area contributed by atoms with Crippen molar-refractivity contribution in [1.29, 1.82) is 0 Å². The third-order valence-electron chi connectivity index (χ3n) is 5.10. The third-order valence-corrected chi connectivity index (χ3v) is 5.10. The SMILES string of the molecule is COc1ccc(CN2CC[C@@H](NC(=O)CNC(=O)c3cc(F)cc(C(F)(F)F)c3)C2)cc1. The minimum atomic E-state index is -4.78. The predicted molar refractivity (Wildman–Crippen MR) is 109 cm³/mol. The minimum Gasteiger partial charge on any atom is -0.497 e. The van der Waals surface area contributed by atoms with Crippen molar-refractivity contribution >= 4 is 11.8 Å². The summed E-state index contributed by atoms with van der Waals surface area (Å²) in [6.45, 7) is 1.71. The van der Waals surface area contributed by atoms with Crippen molar-refractivity contribution in [3.8, 4) is 5.75 Å². The fraction of sp³-hybridized carbons (Fsp3) is 0.364. The number of ether oxygens (including phenoxy) is 1. The van der Waals surface area contributed by atoms with Crippen molar-refractivity contribution in [2.45, 2.75) is 25.2 Å². The number of alkyl halides is 3. The molecule has 1 aliphatic rings. The zero-order chi connectivity index (χ0) is 23.3. The summed E-state index contributed by atoms with van der Waals surface area (Å²) in [6, 6.07) is 9.13. The Balaban J connectivity index is 1.46. The van der Waals surface area contributed by atoms with Crippen LogP contribution < -0.4 is 15.4 Å². The van der Waals surface area contributed by atoms with E-state index in [4.69, 9.17) is 4.74 Å². The first-order valence-electron chi connectivity index (χ1n) is 9.94. The molecule has 2 N–H and O–H groups in total. The summed E-state index contributed by atoms with van der Waals surface area (Å²) < 4.78 is 56.9. The minimum absolute atomic E-state index is 0.108. The van der Waals surface area contributed by atoms with Crippen LogP contribution >= 0.6 is 0 Å². The van der Waals surface area contributed by atoms with E-state index in [9.17, 15) is 27.2 Å². The van der Waals surface area contributed by atoms with Crippen molar-refractivity contribution in [2.75, 3.05) is 26.7 Å². The maximum atomic E-state index is 13.4. The molecule has 1 atom stereocenters. The molecule has 0 aliphatic carbocycles. The van der Waals surface area contributed by atoms with Crippen LogP contribution in [0.15, 0.2) is 42.5 Å². The number of hydrogen-bond acceptors (Lipinski definition) is 4. The van der Waals surface area contributed by atoms with Gasteiger partial charge in [-0.2, -0.15) is 13.2 Å². The van der Waals surface area contributed by atoms with Gasteiger partial charge in [0.1, 0.15) is 11.6 Å². The van der Waals surface area contributed by atoms with Crippen molar-refractivity contribution in [1.82, 2.24) is 15.5 Å². The van der Waals surface area contributed by atoms with E-state index in [2.05, 4.69) is 15.5 Å². The topological polar surface area (TPSA) is 70.7 Å². The van der Waals surface area contributed by atoms with E-state index in [0.29, 0.717) is 31.3 Å². The molecule has 6 nitrogen and oxygen atoms in total. The second kappa shape index (κ2) is 9.99. The van der Waals surface area contributed by atoms with Crippen LogP contribution in [0, 0.1) is 5.82 Å². The van der Waals surface area contributed by atoms with Crippen LogP contribution in [-0.2, 0) is 17.5 Å². The van der Waals surface area contributed by atoms with Gasteiger partial charge in [-0.1, -0.05) is 12.1 Å². The molecule has 0 unspecified atom stereocenters. The normalized spacial score (nSPS) is 16.6. The lowest BCUT2D eigenvalue weighted by Crippen LogP contribution is -2.43. The highest BCUT2D eigenvalue weighted by Crippen LogP contribution is 2.30. The summed E-state index contributed by atoms with van der Waals surface area (Å²) in [6.07, 6.45) is -4.05. The molecule has 1 fully saturated rings. The van der Waals surface area contributed by atoms with Gasteiger partial charge < -0.3 is 15.4 Å². The van der Waals surface area contributed by atoms with Crippen molar-refractivity contribution < 1.29 is 31.9 Å². The average Bonchev–Trinajstić information content (AvgIpc) is 3.18. The van der Waals surface area contributed by atoms with Crippen molar-refractivity contribution in [3.05, 3.63) is 65.0 Å². The van der Waals surface area contributed by atoms with Gasteiger partial charge in [0.25, 0.3) is 5.91 Å². The number of nitrogens with zero attached hydrogens (tertiary/aromatic N) is 1. The van der Waals surface area contributed by atoms with Crippen LogP contribution in [0.5, 0.6) is 5.75 Å². The Labute approximate surface area is 182 Å². The number of halogens is 4. The van der Waals surface area contributed by atoms with Gasteiger partial charge >= 0.3 is 6.18 Å². The molecule has 1 heterocycles. The molecule has 0 radical (unpaired) electrons. The molecule has 3 rings (SSSR count). The Morgan fingerprint density at radius 3 is 2.53 bits per heavy atom. The number of likely N-dealkylation sites (tertiary alicyclic amines) is 1. The Hall–Kier alpha value is -3.14. The predicted octanol–water partition coefficient (Wildman–Crippen LogP) is 2.97. The Bertz CT molecular complexity index is 964. The molecule has 0 aromatic heterocycles. The summed E-state index contributed by atoms with van der Waals surface area (Å²) in [5, 5.41) is 5.03. The molecule has 32 heavy (non-hydrogen) atoms. The molecular weight excluding hydrogens is 430 g/mol. The van der Waals surface area contributed by atoms with Gasteiger partial charge in [-0.05, 0) is 42.3 Å². The molecule has 1 saturated heterocycles. The molecule has 10 heteroatoms. The maximum absolute atomic E-state index is 13.4. The third kappa shape index (κ3) is 6.43. The van der Waals surface area contributed by atoms with Gasteiger partial charge in [0.2, 0.25) is 5.91 Å². The van der Waals surface area contributed by atoms with Gasteiger partial charge in [0.05, 0.1) is 19.2 Å². The van der Waals surface area contributed by atoms with E-state index in [1.807, 2.05) is 24.3 Å².